The van der Waals surface area contributed by atoms with Crippen molar-refractivity contribution >= 4 is 11.8 Å². The lowest BCUT2D eigenvalue weighted by Crippen LogP contribution is -2.16. The van der Waals surface area contributed by atoms with Gasteiger partial charge in [-0.2, -0.15) is 0 Å². The molecule has 0 fully saturated rings. The molecule has 0 aliphatic carbocycles. The number of aliphatic hydroxyl groups excluding tert-OH is 1. The van der Waals surface area contributed by atoms with E-state index in [1.807, 2.05) is 67.6 Å². The van der Waals surface area contributed by atoms with E-state index in [4.69, 9.17) is 9.47 Å². The van der Waals surface area contributed by atoms with Gasteiger partial charge in [-0.3, -0.25) is 5.32 Å². The molecule has 5 nitrogen and oxygen atoms in total. The molecule has 1 amide bonds. The third-order valence-corrected chi connectivity index (χ3v) is 4.48. The largest absolute Gasteiger partial charge is 0.487 e. The van der Waals surface area contributed by atoms with Gasteiger partial charge in [0, 0.05) is 5.56 Å². The Morgan fingerprint density at radius 3 is 2.14 bits per heavy atom. The van der Waals surface area contributed by atoms with Crippen LogP contribution in [0.4, 0.5) is 10.5 Å². The number of amides is 1. The normalized spacial score (nSPS) is 11.5. The number of hydrogen-bond donors (Lipinski definition) is 2. The van der Waals surface area contributed by atoms with Crippen LogP contribution >= 0.6 is 0 Å². The van der Waals surface area contributed by atoms with E-state index in [1.165, 1.54) is 0 Å². The molecule has 0 aromatic heterocycles. The van der Waals surface area contributed by atoms with Gasteiger partial charge < -0.3 is 14.6 Å². The Bertz CT molecular complexity index is 913. The average Bonchev–Trinajstić information content (AvgIpc) is 2.77. The Labute approximate surface area is 170 Å². The maximum Gasteiger partial charge on any atom is 0.412 e. The van der Waals surface area contributed by atoms with Gasteiger partial charge in [0.15, 0.2) is 0 Å². The van der Waals surface area contributed by atoms with Crippen LogP contribution in [0.1, 0.15) is 36.1 Å². The summed E-state index contributed by atoms with van der Waals surface area (Å²) in [5.74, 6) is 0.482. The molecular formula is C24H25NO4. The SMILES string of the molecule is CC[C@H](O)c1cccc(OCc2ccccc2)c1NC(=O)OCc1ccccc1. The molecule has 3 aromatic rings. The molecule has 0 aliphatic rings. The molecule has 5 heteroatoms. The van der Waals surface area contributed by atoms with E-state index in [0.717, 1.165) is 11.1 Å². The Hall–Kier alpha value is -3.31. The van der Waals surface area contributed by atoms with E-state index >= 15 is 0 Å². The number of carbonyl (C=O) groups excluding carboxylic acids is 1. The minimum Gasteiger partial charge on any atom is -0.487 e. The lowest BCUT2D eigenvalue weighted by atomic mass is 10.0. The quantitative estimate of drug-likeness (QED) is 0.535. The van der Waals surface area contributed by atoms with Gasteiger partial charge in [0.25, 0.3) is 0 Å². The Morgan fingerprint density at radius 1 is 0.897 bits per heavy atom. The summed E-state index contributed by atoms with van der Waals surface area (Å²) in [6.07, 6.45) is -0.815. The van der Waals surface area contributed by atoms with Crippen molar-refractivity contribution in [1.29, 1.82) is 0 Å². The number of rotatable bonds is 8. The van der Waals surface area contributed by atoms with E-state index in [0.29, 0.717) is 30.0 Å². The standard InChI is InChI=1S/C24H25NO4/c1-2-21(26)20-14-9-15-22(28-16-18-10-5-3-6-11-18)23(20)25-24(27)29-17-19-12-7-4-8-13-19/h3-15,21,26H,2,16-17H2,1H3,(H,25,27)/t21-/m0/s1. The second kappa shape index (κ2) is 10.3. The van der Waals surface area contributed by atoms with Crippen LogP contribution in [0.5, 0.6) is 5.75 Å². The van der Waals surface area contributed by atoms with Crippen LogP contribution < -0.4 is 10.1 Å². The monoisotopic (exact) mass is 391 g/mol. The topological polar surface area (TPSA) is 67.8 Å². The predicted octanol–water partition coefficient (Wildman–Crippen LogP) is 5.46. The van der Waals surface area contributed by atoms with Crippen molar-refractivity contribution in [3.63, 3.8) is 0 Å². The fourth-order valence-corrected chi connectivity index (χ4v) is 2.90. The molecule has 0 saturated heterocycles. The summed E-state index contributed by atoms with van der Waals surface area (Å²) >= 11 is 0. The highest BCUT2D eigenvalue weighted by Gasteiger charge is 2.18. The summed E-state index contributed by atoms with van der Waals surface area (Å²) in [4.78, 5) is 12.4. The number of nitrogens with one attached hydrogen (secondary N) is 1. The smallest absolute Gasteiger partial charge is 0.412 e. The molecule has 150 valence electrons. The van der Waals surface area contributed by atoms with Crippen molar-refractivity contribution in [3.8, 4) is 5.75 Å². The molecule has 0 radical (unpaired) electrons. The van der Waals surface area contributed by atoms with Crippen molar-refractivity contribution < 1.29 is 19.4 Å². The number of ether oxygens (including phenoxy) is 2. The lowest BCUT2D eigenvalue weighted by Gasteiger charge is -2.19. The average molecular weight is 391 g/mol. The minimum absolute atomic E-state index is 0.158. The zero-order valence-corrected chi connectivity index (χ0v) is 16.4. The predicted molar refractivity (Wildman–Crippen MR) is 113 cm³/mol. The Kier molecular flexibility index (Phi) is 7.25. The molecule has 3 rings (SSSR count). The van der Waals surface area contributed by atoms with Gasteiger partial charge >= 0.3 is 6.09 Å². The molecule has 29 heavy (non-hydrogen) atoms. The summed E-state index contributed by atoms with van der Waals surface area (Å²) in [6, 6.07) is 24.5. The number of hydrogen-bond acceptors (Lipinski definition) is 4. The van der Waals surface area contributed by atoms with Gasteiger partial charge in [-0.1, -0.05) is 79.7 Å². The van der Waals surface area contributed by atoms with Gasteiger partial charge in [-0.15, -0.1) is 0 Å². The summed E-state index contributed by atoms with van der Waals surface area (Å²) in [5, 5.41) is 13.1. The first-order chi connectivity index (χ1) is 14.2. The van der Waals surface area contributed by atoms with Crippen LogP contribution in [0.2, 0.25) is 0 Å². The first kappa shape index (κ1) is 20.4. The first-order valence-electron chi connectivity index (χ1n) is 9.62. The highest BCUT2D eigenvalue weighted by molar-refractivity contribution is 5.88. The molecule has 1 atom stereocenters. The second-order valence-corrected chi connectivity index (χ2v) is 6.61. The zero-order valence-electron chi connectivity index (χ0n) is 16.4. The number of para-hydroxylation sites is 1. The number of anilines is 1. The molecule has 0 heterocycles. The summed E-state index contributed by atoms with van der Waals surface area (Å²) in [7, 11) is 0. The molecule has 0 spiro atoms. The summed E-state index contributed by atoms with van der Waals surface area (Å²) in [6.45, 7) is 2.38. The zero-order chi connectivity index (χ0) is 20.5. The number of benzene rings is 3. The molecule has 0 saturated carbocycles. The summed E-state index contributed by atoms with van der Waals surface area (Å²) in [5.41, 5.74) is 2.92. The first-order valence-corrected chi connectivity index (χ1v) is 9.62. The molecule has 2 N–H and O–H groups in total. The maximum atomic E-state index is 12.4. The van der Waals surface area contributed by atoms with E-state index < -0.39 is 12.2 Å². The van der Waals surface area contributed by atoms with E-state index in [-0.39, 0.29) is 6.61 Å². The van der Waals surface area contributed by atoms with Crippen LogP contribution in [0, 0.1) is 0 Å². The van der Waals surface area contributed by atoms with Gasteiger partial charge in [0.1, 0.15) is 19.0 Å². The second-order valence-electron chi connectivity index (χ2n) is 6.61. The third-order valence-electron chi connectivity index (χ3n) is 4.48. The van der Waals surface area contributed by atoms with Crippen LogP contribution in [0.3, 0.4) is 0 Å². The van der Waals surface area contributed by atoms with Crippen molar-refractivity contribution in [2.45, 2.75) is 32.7 Å². The van der Waals surface area contributed by atoms with Gasteiger partial charge in [-0.05, 0) is 23.6 Å². The highest BCUT2D eigenvalue weighted by atomic mass is 16.5. The van der Waals surface area contributed by atoms with Crippen molar-refractivity contribution in [2.24, 2.45) is 0 Å². The van der Waals surface area contributed by atoms with Gasteiger partial charge in [0.05, 0.1) is 11.8 Å². The third kappa shape index (κ3) is 5.83. The number of carbonyl (C=O) groups is 1. The Balaban J connectivity index is 1.75. The molecular weight excluding hydrogens is 366 g/mol. The molecule has 0 bridgehead atoms. The lowest BCUT2D eigenvalue weighted by molar-refractivity contribution is 0.154. The molecule has 0 aliphatic heterocycles. The van der Waals surface area contributed by atoms with Gasteiger partial charge in [0.2, 0.25) is 0 Å². The van der Waals surface area contributed by atoms with E-state index in [9.17, 15) is 9.90 Å². The number of aliphatic hydroxyl groups is 1. The maximum absolute atomic E-state index is 12.4. The highest BCUT2D eigenvalue weighted by Crippen LogP contribution is 2.34. The molecule has 0 unspecified atom stereocenters. The van der Waals surface area contributed by atoms with Crippen molar-refractivity contribution in [2.75, 3.05) is 5.32 Å². The van der Waals surface area contributed by atoms with Crippen molar-refractivity contribution in [3.05, 3.63) is 95.6 Å². The fourth-order valence-electron chi connectivity index (χ4n) is 2.90. The molecule has 3 aromatic carbocycles. The fraction of sp³-hybridized carbons (Fsp3) is 0.208. The van der Waals surface area contributed by atoms with E-state index in [1.54, 1.807) is 18.2 Å². The van der Waals surface area contributed by atoms with E-state index in [2.05, 4.69) is 5.32 Å². The minimum atomic E-state index is -0.723. The van der Waals surface area contributed by atoms with Gasteiger partial charge in [-0.25, -0.2) is 4.79 Å². The summed E-state index contributed by atoms with van der Waals surface area (Å²) < 4.78 is 11.3. The van der Waals surface area contributed by atoms with Crippen LogP contribution in [0.25, 0.3) is 0 Å². The van der Waals surface area contributed by atoms with Crippen LogP contribution in [-0.4, -0.2) is 11.2 Å². The van der Waals surface area contributed by atoms with Crippen LogP contribution in [-0.2, 0) is 18.0 Å². The van der Waals surface area contributed by atoms with Crippen LogP contribution in [0.15, 0.2) is 78.9 Å². The van der Waals surface area contributed by atoms with Crippen molar-refractivity contribution in [1.82, 2.24) is 0 Å². The Morgan fingerprint density at radius 2 is 1.52 bits per heavy atom.